The highest BCUT2D eigenvalue weighted by Crippen LogP contribution is 2.19. The van der Waals surface area contributed by atoms with Gasteiger partial charge in [0.1, 0.15) is 0 Å². The molecule has 0 aromatic heterocycles. The molecule has 1 aromatic rings. The number of piperidine rings is 1. The molecule has 6 heteroatoms. The second-order valence-electron chi connectivity index (χ2n) is 5.49. The van der Waals surface area contributed by atoms with E-state index in [1.165, 1.54) is 0 Å². The van der Waals surface area contributed by atoms with Gasteiger partial charge in [0.15, 0.2) is 0 Å². The molecule has 1 fully saturated rings. The van der Waals surface area contributed by atoms with Gasteiger partial charge in [0.05, 0.1) is 5.92 Å². The first-order chi connectivity index (χ1) is 10.6. The maximum absolute atomic E-state index is 12.5. The molecular formula is C16H22ClN3O2. The maximum atomic E-state index is 12.5. The molecule has 0 aliphatic carbocycles. The third kappa shape index (κ3) is 4.45. The summed E-state index contributed by atoms with van der Waals surface area (Å²) in [4.78, 5) is 26.4. The van der Waals surface area contributed by atoms with Gasteiger partial charge in [0.25, 0.3) is 5.91 Å². The fourth-order valence-corrected chi connectivity index (χ4v) is 2.73. The van der Waals surface area contributed by atoms with Crippen LogP contribution in [0, 0.1) is 5.92 Å². The van der Waals surface area contributed by atoms with Crippen molar-refractivity contribution in [2.75, 3.05) is 33.2 Å². The van der Waals surface area contributed by atoms with E-state index in [-0.39, 0.29) is 17.7 Å². The molecule has 1 aliphatic rings. The van der Waals surface area contributed by atoms with E-state index in [0.717, 1.165) is 19.4 Å². The van der Waals surface area contributed by atoms with Crippen LogP contribution < -0.4 is 10.6 Å². The van der Waals surface area contributed by atoms with Gasteiger partial charge >= 0.3 is 0 Å². The lowest BCUT2D eigenvalue weighted by atomic mass is 9.96. The zero-order chi connectivity index (χ0) is 15.9. The van der Waals surface area contributed by atoms with Gasteiger partial charge in [-0.2, -0.15) is 0 Å². The summed E-state index contributed by atoms with van der Waals surface area (Å²) in [6.07, 6.45) is 1.68. The molecule has 120 valence electrons. The van der Waals surface area contributed by atoms with E-state index >= 15 is 0 Å². The first-order valence-corrected chi connectivity index (χ1v) is 7.96. The smallest absolute Gasteiger partial charge is 0.253 e. The highest BCUT2D eigenvalue weighted by atomic mass is 35.5. The molecule has 1 aromatic carbocycles. The predicted octanol–water partition coefficient (Wildman–Crippen LogP) is 1.53. The molecule has 1 aliphatic heterocycles. The van der Waals surface area contributed by atoms with E-state index in [1.807, 2.05) is 7.05 Å². The summed E-state index contributed by atoms with van der Waals surface area (Å²) >= 11 is 5.84. The third-order valence-corrected chi connectivity index (χ3v) is 4.10. The Balaban J connectivity index is 1.93. The highest BCUT2D eigenvalue weighted by Gasteiger charge is 2.28. The molecular weight excluding hydrogens is 302 g/mol. The van der Waals surface area contributed by atoms with Crippen LogP contribution in [-0.4, -0.2) is 49.9 Å². The molecule has 1 heterocycles. The zero-order valence-corrected chi connectivity index (χ0v) is 13.5. The average molecular weight is 324 g/mol. The average Bonchev–Trinajstić information content (AvgIpc) is 2.55. The number of amides is 2. The number of benzene rings is 1. The number of nitrogens with one attached hydrogen (secondary N) is 2. The minimum Gasteiger partial charge on any atom is -0.355 e. The Bertz CT molecular complexity index is 519. The van der Waals surface area contributed by atoms with E-state index in [9.17, 15) is 9.59 Å². The van der Waals surface area contributed by atoms with E-state index in [1.54, 1.807) is 29.2 Å². The van der Waals surface area contributed by atoms with Gasteiger partial charge in [-0.05, 0) is 44.2 Å². The lowest BCUT2D eigenvalue weighted by Crippen LogP contribution is -2.46. The first-order valence-electron chi connectivity index (χ1n) is 7.59. The maximum Gasteiger partial charge on any atom is 0.253 e. The predicted molar refractivity (Wildman–Crippen MR) is 87.0 cm³/mol. The van der Waals surface area contributed by atoms with Crippen molar-refractivity contribution in [1.29, 1.82) is 0 Å². The fourth-order valence-electron chi connectivity index (χ4n) is 2.61. The molecule has 5 nitrogen and oxygen atoms in total. The summed E-state index contributed by atoms with van der Waals surface area (Å²) in [5, 5.41) is 6.50. The Morgan fingerprint density at radius 3 is 2.68 bits per heavy atom. The Morgan fingerprint density at radius 2 is 2.00 bits per heavy atom. The van der Waals surface area contributed by atoms with Gasteiger partial charge < -0.3 is 15.5 Å². The summed E-state index contributed by atoms with van der Waals surface area (Å²) in [6.45, 7) is 2.53. The van der Waals surface area contributed by atoms with E-state index in [4.69, 9.17) is 11.6 Å². The van der Waals surface area contributed by atoms with Crippen LogP contribution >= 0.6 is 11.6 Å². The van der Waals surface area contributed by atoms with Crippen LogP contribution in [0.25, 0.3) is 0 Å². The monoisotopic (exact) mass is 323 g/mol. The quantitative estimate of drug-likeness (QED) is 0.808. The molecule has 2 N–H and O–H groups in total. The Labute approximate surface area is 136 Å². The van der Waals surface area contributed by atoms with Gasteiger partial charge in [-0.15, -0.1) is 0 Å². The molecule has 0 radical (unpaired) electrons. The number of halogens is 1. The van der Waals surface area contributed by atoms with Crippen LogP contribution in [0.5, 0.6) is 0 Å². The van der Waals surface area contributed by atoms with Crippen molar-refractivity contribution in [3.05, 3.63) is 34.9 Å². The minimum absolute atomic E-state index is 0.0313. The number of hydrogen-bond donors (Lipinski definition) is 2. The summed E-state index contributed by atoms with van der Waals surface area (Å²) in [5.41, 5.74) is 0.612. The van der Waals surface area contributed by atoms with Gasteiger partial charge in [-0.1, -0.05) is 11.6 Å². The van der Waals surface area contributed by atoms with Crippen molar-refractivity contribution in [3.8, 4) is 0 Å². The first kappa shape index (κ1) is 16.8. The SMILES string of the molecule is CNCCNC(=O)C1CCCN(C(=O)c2ccc(Cl)cc2)C1. The largest absolute Gasteiger partial charge is 0.355 e. The third-order valence-electron chi connectivity index (χ3n) is 3.84. The minimum atomic E-state index is -0.123. The van der Waals surface area contributed by atoms with Crippen molar-refractivity contribution in [1.82, 2.24) is 15.5 Å². The summed E-state index contributed by atoms with van der Waals surface area (Å²) in [5.74, 6) is -0.130. The van der Waals surface area contributed by atoms with Gasteiger partial charge in [-0.3, -0.25) is 9.59 Å². The molecule has 1 unspecified atom stereocenters. The highest BCUT2D eigenvalue weighted by molar-refractivity contribution is 6.30. The van der Waals surface area contributed by atoms with Crippen LogP contribution in [0.2, 0.25) is 5.02 Å². The van der Waals surface area contributed by atoms with Gasteiger partial charge in [0.2, 0.25) is 5.91 Å². The van der Waals surface area contributed by atoms with Crippen molar-refractivity contribution >= 4 is 23.4 Å². The summed E-state index contributed by atoms with van der Waals surface area (Å²) in [6, 6.07) is 6.86. The Morgan fingerprint density at radius 1 is 1.27 bits per heavy atom. The molecule has 22 heavy (non-hydrogen) atoms. The zero-order valence-electron chi connectivity index (χ0n) is 12.8. The number of rotatable bonds is 5. The van der Waals surface area contributed by atoms with Gasteiger partial charge in [-0.25, -0.2) is 0 Å². The summed E-state index contributed by atoms with van der Waals surface area (Å²) < 4.78 is 0. The molecule has 2 amide bonds. The van der Waals surface area contributed by atoms with E-state index < -0.39 is 0 Å². The number of hydrogen-bond acceptors (Lipinski definition) is 3. The second kappa shape index (κ2) is 8.15. The van der Waals surface area contributed by atoms with Crippen molar-refractivity contribution in [3.63, 3.8) is 0 Å². The molecule has 1 saturated heterocycles. The fraction of sp³-hybridized carbons (Fsp3) is 0.500. The molecule has 2 rings (SSSR count). The Hall–Kier alpha value is -1.59. The lowest BCUT2D eigenvalue weighted by Gasteiger charge is -2.32. The standard InChI is InChI=1S/C16H22ClN3O2/c1-18-8-9-19-15(21)13-3-2-10-20(11-13)16(22)12-4-6-14(17)7-5-12/h4-7,13,18H,2-3,8-11H2,1H3,(H,19,21). The molecule has 0 saturated carbocycles. The molecule has 0 bridgehead atoms. The second-order valence-corrected chi connectivity index (χ2v) is 5.93. The van der Waals surface area contributed by atoms with Gasteiger partial charge in [0, 0.05) is 36.8 Å². The molecule has 0 spiro atoms. The normalized spacial score (nSPS) is 18.1. The van der Waals surface area contributed by atoms with Crippen LogP contribution in [0.1, 0.15) is 23.2 Å². The molecule has 1 atom stereocenters. The van der Waals surface area contributed by atoms with Crippen molar-refractivity contribution in [2.45, 2.75) is 12.8 Å². The van der Waals surface area contributed by atoms with Crippen molar-refractivity contribution < 1.29 is 9.59 Å². The number of likely N-dealkylation sites (N-methyl/N-ethyl adjacent to an activating group) is 1. The number of likely N-dealkylation sites (tertiary alicyclic amines) is 1. The number of carbonyl (C=O) groups is 2. The topological polar surface area (TPSA) is 61.4 Å². The lowest BCUT2D eigenvalue weighted by molar-refractivity contribution is -0.126. The van der Waals surface area contributed by atoms with E-state index in [0.29, 0.717) is 30.2 Å². The van der Waals surface area contributed by atoms with Crippen LogP contribution in [0.15, 0.2) is 24.3 Å². The van der Waals surface area contributed by atoms with Crippen LogP contribution in [0.4, 0.5) is 0 Å². The summed E-state index contributed by atoms with van der Waals surface area (Å²) in [7, 11) is 1.85. The van der Waals surface area contributed by atoms with Crippen LogP contribution in [-0.2, 0) is 4.79 Å². The number of carbonyl (C=O) groups excluding carboxylic acids is 2. The Kier molecular flexibility index (Phi) is 6.21. The van der Waals surface area contributed by atoms with Crippen molar-refractivity contribution in [2.24, 2.45) is 5.92 Å². The van der Waals surface area contributed by atoms with Crippen LogP contribution in [0.3, 0.4) is 0 Å². The number of nitrogens with zero attached hydrogens (tertiary/aromatic N) is 1. The van der Waals surface area contributed by atoms with E-state index in [2.05, 4.69) is 10.6 Å².